The fourth-order valence-electron chi connectivity index (χ4n) is 3.03. The third-order valence-corrected chi connectivity index (χ3v) is 5.45. The summed E-state index contributed by atoms with van der Waals surface area (Å²) < 4.78 is 12.0. The van der Waals surface area contributed by atoms with E-state index in [4.69, 9.17) is 32.7 Å². The number of aromatic nitrogens is 2. The van der Waals surface area contributed by atoms with Crippen molar-refractivity contribution in [2.75, 3.05) is 19.5 Å². The van der Waals surface area contributed by atoms with Gasteiger partial charge in [-0.25, -0.2) is 4.68 Å². The van der Waals surface area contributed by atoms with Crippen molar-refractivity contribution < 1.29 is 14.3 Å². The Morgan fingerprint density at radius 3 is 2.56 bits per heavy atom. The van der Waals surface area contributed by atoms with Gasteiger partial charge in [-0.05, 0) is 36.8 Å². The molecule has 0 bridgehead atoms. The van der Waals surface area contributed by atoms with Crippen molar-refractivity contribution in [2.45, 2.75) is 13.5 Å². The molecular formula is C23H20Cl2N4O3. The highest BCUT2D eigenvalue weighted by Gasteiger charge is 2.17. The van der Waals surface area contributed by atoms with Crippen LogP contribution in [0.15, 0.2) is 48.0 Å². The predicted octanol–water partition coefficient (Wildman–Crippen LogP) is 5.11. The summed E-state index contributed by atoms with van der Waals surface area (Å²) in [4.78, 5) is 12.7. The number of anilines is 1. The van der Waals surface area contributed by atoms with E-state index in [9.17, 15) is 10.1 Å². The van der Waals surface area contributed by atoms with Gasteiger partial charge in [0.2, 0.25) is 0 Å². The molecular weight excluding hydrogens is 451 g/mol. The van der Waals surface area contributed by atoms with Gasteiger partial charge in [-0.3, -0.25) is 4.79 Å². The van der Waals surface area contributed by atoms with E-state index in [0.717, 1.165) is 5.56 Å². The van der Waals surface area contributed by atoms with E-state index in [-0.39, 0.29) is 5.57 Å². The Bertz CT molecular complexity index is 1230. The molecule has 1 aromatic heterocycles. The van der Waals surface area contributed by atoms with Gasteiger partial charge in [0.1, 0.15) is 16.8 Å². The Kier molecular flexibility index (Phi) is 7.41. The van der Waals surface area contributed by atoms with Crippen LogP contribution in [-0.2, 0) is 11.3 Å². The van der Waals surface area contributed by atoms with Crippen molar-refractivity contribution >= 4 is 40.9 Å². The number of rotatable bonds is 7. The number of carbonyl (C=O) groups is 1. The largest absolute Gasteiger partial charge is 0.493 e. The third-order valence-electron chi connectivity index (χ3n) is 4.68. The van der Waals surface area contributed by atoms with E-state index in [1.54, 1.807) is 35.9 Å². The number of nitriles is 1. The molecule has 0 radical (unpaired) electrons. The smallest absolute Gasteiger partial charge is 0.266 e. The number of methoxy groups -OCH3 is 2. The van der Waals surface area contributed by atoms with Gasteiger partial charge in [0, 0.05) is 22.3 Å². The lowest BCUT2D eigenvalue weighted by Crippen LogP contribution is -2.13. The van der Waals surface area contributed by atoms with Gasteiger partial charge in [-0.2, -0.15) is 10.4 Å². The van der Waals surface area contributed by atoms with Crippen LogP contribution in [0.4, 0.5) is 5.69 Å². The van der Waals surface area contributed by atoms with Crippen LogP contribution in [0.2, 0.25) is 10.2 Å². The number of aryl methyl sites for hydroxylation is 1. The highest BCUT2D eigenvalue weighted by molar-refractivity contribution is 6.32. The molecule has 0 saturated carbocycles. The summed E-state index contributed by atoms with van der Waals surface area (Å²) in [5.41, 5.74) is 2.24. The van der Waals surface area contributed by atoms with E-state index >= 15 is 0 Å². The zero-order valence-electron chi connectivity index (χ0n) is 17.6. The molecule has 0 aliphatic rings. The molecule has 3 aromatic rings. The summed E-state index contributed by atoms with van der Waals surface area (Å²) in [7, 11) is 3.01. The maximum atomic E-state index is 12.7. The molecule has 164 valence electrons. The van der Waals surface area contributed by atoms with E-state index in [2.05, 4.69) is 10.4 Å². The van der Waals surface area contributed by atoms with Gasteiger partial charge >= 0.3 is 0 Å². The SMILES string of the molecule is COc1ccc(NC(=O)/C(C#N)=C/c2c(C)nn(Cc3ccccc3Cl)c2Cl)cc1OC. The molecule has 0 unspecified atom stereocenters. The van der Waals surface area contributed by atoms with E-state index in [0.29, 0.717) is 45.2 Å². The Hall–Kier alpha value is -3.47. The van der Waals surface area contributed by atoms with Gasteiger partial charge in [-0.1, -0.05) is 41.4 Å². The summed E-state index contributed by atoms with van der Waals surface area (Å²) in [5.74, 6) is 0.386. The van der Waals surface area contributed by atoms with Crippen molar-refractivity contribution in [1.82, 2.24) is 9.78 Å². The minimum absolute atomic E-state index is 0.123. The second-order valence-corrected chi connectivity index (χ2v) is 7.50. The number of carbonyl (C=O) groups excluding carboxylic acids is 1. The first kappa shape index (κ1) is 23.2. The topological polar surface area (TPSA) is 89.2 Å². The normalized spacial score (nSPS) is 11.1. The maximum absolute atomic E-state index is 12.7. The zero-order chi connectivity index (χ0) is 23.3. The van der Waals surface area contributed by atoms with Gasteiger partial charge in [-0.15, -0.1) is 0 Å². The molecule has 32 heavy (non-hydrogen) atoms. The molecule has 1 N–H and O–H groups in total. The lowest BCUT2D eigenvalue weighted by molar-refractivity contribution is -0.112. The number of hydrogen-bond donors (Lipinski definition) is 1. The van der Waals surface area contributed by atoms with Crippen LogP contribution in [-0.4, -0.2) is 29.9 Å². The van der Waals surface area contributed by atoms with Crippen LogP contribution < -0.4 is 14.8 Å². The monoisotopic (exact) mass is 470 g/mol. The molecule has 1 amide bonds. The number of benzene rings is 2. The van der Waals surface area contributed by atoms with Crippen LogP contribution in [0.5, 0.6) is 11.5 Å². The molecule has 7 nitrogen and oxygen atoms in total. The molecule has 0 aliphatic heterocycles. The average Bonchev–Trinajstić information content (AvgIpc) is 3.05. The van der Waals surface area contributed by atoms with Gasteiger partial charge in [0.25, 0.3) is 5.91 Å². The molecule has 3 rings (SSSR count). The third kappa shape index (κ3) is 5.05. The van der Waals surface area contributed by atoms with Gasteiger partial charge in [0.05, 0.1) is 26.5 Å². The van der Waals surface area contributed by atoms with Crippen LogP contribution in [0, 0.1) is 18.3 Å². The van der Waals surface area contributed by atoms with Crippen LogP contribution in [0.1, 0.15) is 16.8 Å². The fraction of sp³-hybridized carbons (Fsp3) is 0.174. The molecule has 0 spiro atoms. The first-order valence-electron chi connectivity index (χ1n) is 9.49. The second kappa shape index (κ2) is 10.2. The molecule has 0 saturated heterocycles. The van der Waals surface area contributed by atoms with Crippen LogP contribution in [0.25, 0.3) is 6.08 Å². The summed E-state index contributed by atoms with van der Waals surface area (Å²) >= 11 is 12.7. The van der Waals surface area contributed by atoms with Crippen molar-refractivity contribution in [1.29, 1.82) is 5.26 Å². The number of ether oxygens (including phenoxy) is 2. The highest BCUT2D eigenvalue weighted by atomic mass is 35.5. The Morgan fingerprint density at radius 2 is 1.91 bits per heavy atom. The molecule has 0 fully saturated rings. The van der Waals surface area contributed by atoms with Crippen molar-refractivity contribution in [2.24, 2.45) is 0 Å². The molecule has 2 aromatic carbocycles. The number of nitrogens with one attached hydrogen (secondary N) is 1. The lowest BCUT2D eigenvalue weighted by Gasteiger charge is -2.10. The van der Waals surface area contributed by atoms with Crippen LogP contribution >= 0.6 is 23.2 Å². The zero-order valence-corrected chi connectivity index (χ0v) is 19.2. The lowest BCUT2D eigenvalue weighted by atomic mass is 10.1. The first-order valence-corrected chi connectivity index (χ1v) is 10.2. The molecule has 9 heteroatoms. The minimum atomic E-state index is -0.589. The summed E-state index contributed by atoms with van der Waals surface area (Å²) in [5, 5.41) is 17.6. The number of hydrogen-bond acceptors (Lipinski definition) is 5. The molecule has 0 atom stereocenters. The quantitative estimate of drug-likeness (QED) is 0.382. The van der Waals surface area contributed by atoms with Crippen molar-refractivity contribution in [3.8, 4) is 17.6 Å². The standard InChI is InChI=1S/C23H20Cl2N4O3/c1-14-18(22(25)29(28-14)13-15-6-4-5-7-19(15)24)10-16(12-26)23(30)27-17-8-9-20(31-2)21(11-17)32-3/h4-11H,13H2,1-3H3,(H,27,30)/b16-10+. The Labute approximate surface area is 195 Å². The van der Waals surface area contributed by atoms with E-state index in [1.165, 1.54) is 20.3 Å². The number of halogens is 2. The van der Waals surface area contributed by atoms with E-state index in [1.807, 2.05) is 24.3 Å². The average molecular weight is 471 g/mol. The summed E-state index contributed by atoms with van der Waals surface area (Å²) in [6, 6.07) is 14.2. The minimum Gasteiger partial charge on any atom is -0.493 e. The second-order valence-electron chi connectivity index (χ2n) is 6.73. The number of amides is 1. The highest BCUT2D eigenvalue weighted by Crippen LogP contribution is 2.30. The summed E-state index contributed by atoms with van der Waals surface area (Å²) in [6.07, 6.45) is 1.42. The van der Waals surface area contributed by atoms with Crippen molar-refractivity contribution in [3.63, 3.8) is 0 Å². The number of nitrogens with zero attached hydrogens (tertiary/aromatic N) is 3. The molecule has 0 aliphatic carbocycles. The fourth-order valence-corrected chi connectivity index (χ4v) is 3.51. The Morgan fingerprint density at radius 1 is 1.19 bits per heavy atom. The Balaban J connectivity index is 1.86. The van der Waals surface area contributed by atoms with Gasteiger partial charge in [0.15, 0.2) is 11.5 Å². The van der Waals surface area contributed by atoms with E-state index < -0.39 is 5.91 Å². The predicted molar refractivity (Wildman–Crippen MR) is 124 cm³/mol. The summed E-state index contributed by atoms with van der Waals surface area (Å²) in [6.45, 7) is 2.11. The van der Waals surface area contributed by atoms with Gasteiger partial charge < -0.3 is 14.8 Å². The van der Waals surface area contributed by atoms with Crippen molar-refractivity contribution in [3.05, 3.63) is 75.0 Å². The molecule has 1 heterocycles. The van der Waals surface area contributed by atoms with Crippen LogP contribution in [0.3, 0.4) is 0 Å². The first-order chi connectivity index (χ1) is 15.4. The maximum Gasteiger partial charge on any atom is 0.266 e.